The summed E-state index contributed by atoms with van der Waals surface area (Å²) in [6, 6.07) is 9.11. The Labute approximate surface area is 126 Å². The van der Waals surface area contributed by atoms with Gasteiger partial charge in [-0.1, -0.05) is 43.3 Å². The van der Waals surface area contributed by atoms with Crippen molar-refractivity contribution in [3.05, 3.63) is 47.1 Å². The molecule has 0 fully saturated rings. The van der Waals surface area contributed by atoms with E-state index in [1.165, 1.54) is 11.1 Å². The van der Waals surface area contributed by atoms with Crippen molar-refractivity contribution >= 4 is 0 Å². The minimum absolute atomic E-state index is 0.312. The SMILES string of the molecule is CC(C)NCCCc1nc(C2CCc3ccccc32)no1. The molecule has 4 heteroatoms. The Hall–Kier alpha value is -1.68. The van der Waals surface area contributed by atoms with E-state index >= 15 is 0 Å². The van der Waals surface area contributed by atoms with Gasteiger partial charge in [-0.05, 0) is 36.9 Å². The molecule has 1 heterocycles. The van der Waals surface area contributed by atoms with E-state index in [0.29, 0.717) is 12.0 Å². The summed E-state index contributed by atoms with van der Waals surface area (Å²) in [4.78, 5) is 4.60. The lowest BCUT2D eigenvalue weighted by Gasteiger charge is -2.06. The molecule has 1 aromatic carbocycles. The second-order valence-electron chi connectivity index (χ2n) is 6.05. The Bertz CT molecular complexity index is 591. The van der Waals surface area contributed by atoms with Crippen LogP contribution in [0.3, 0.4) is 0 Å². The summed E-state index contributed by atoms with van der Waals surface area (Å²) >= 11 is 0. The minimum atomic E-state index is 0.312. The van der Waals surface area contributed by atoms with E-state index in [9.17, 15) is 0 Å². The molecule has 1 atom stereocenters. The van der Waals surface area contributed by atoms with Crippen molar-refractivity contribution in [1.82, 2.24) is 15.5 Å². The Morgan fingerprint density at radius 2 is 2.19 bits per heavy atom. The van der Waals surface area contributed by atoms with Gasteiger partial charge < -0.3 is 9.84 Å². The molecule has 0 aliphatic heterocycles. The van der Waals surface area contributed by atoms with Crippen LogP contribution < -0.4 is 5.32 Å². The topological polar surface area (TPSA) is 51.0 Å². The summed E-state index contributed by atoms with van der Waals surface area (Å²) < 4.78 is 5.41. The van der Waals surface area contributed by atoms with Gasteiger partial charge in [0.05, 0.1) is 0 Å². The van der Waals surface area contributed by atoms with E-state index in [4.69, 9.17) is 4.52 Å². The fourth-order valence-electron chi connectivity index (χ4n) is 2.97. The fraction of sp³-hybridized carbons (Fsp3) is 0.529. The molecule has 1 unspecified atom stereocenters. The zero-order valence-electron chi connectivity index (χ0n) is 12.8. The number of aromatic nitrogens is 2. The molecule has 1 aliphatic carbocycles. The van der Waals surface area contributed by atoms with Crippen LogP contribution in [-0.2, 0) is 12.8 Å². The molecule has 1 aromatic heterocycles. The van der Waals surface area contributed by atoms with E-state index < -0.39 is 0 Å². The van der Waals surface area contributed by atoms with Crippen LogP contribution in [0.5, 0.6) is 0 Å². The quantitative estimate of drug-likeness (QED) is 0.829. The number of aryl methyl sites for hydroxylation is 2. The third-order valence-electron chi connectivity index (χ3n) is 4.05. The molecule has 4 nitrogen and oxygen atoms in total. The molecule has 2 aromatic rings. The van der Waals surface area contributed by atoms with E-state index in [1.807, 2.05) is 0 Å². The smallest absolute Gasteiger partial charge is 0.226 e. The molecule has 3 rings (SSSR count). The number of nitrogens with one attached hydrogen (secondary N) is 1. The second-order valence-corrected chi connectivity index (χ2v) is 6.05. The van der Waals surface area contributed by atoms with E-state index in [0.717, 1.165) is 43.9 Å². The summed E-state index contributed by atoms with van der Waals surface area (Å²) in [6.07, 6.45) is 4.08. The van der Waals surface area contributed by atoms with Gasteiger partial charge in [0.25, 0.3) is 0 Å². The third-order valence-corrected chi connectivity index (χ3v) is 4.05. The average Bonchev–Trinajstić information content (AvgIpc) is 3.09. The van der Waals surface area contributed by atoms with E-state index in [1.54, 1.807) is 0 Å². The molecule has 0 spiro atoms. The lowest BCUT2D eigenvalue weighted by Crippen LogP contribution is -2.23. The molecule has 0 saturated heterocycles. The van der Waals surface area contributed by atoms with Crippen LogP contribution in [-0.4, -0.2) is 22.7 Å². The Kier molecular flexibility index (Phi) is 4.34. The summed E-state index contributed by atoms with van der Waals surface area (Å²) in [7, 11) is 0. The van der Waals surface area contributed by atoms with Crippen molar-refractivity contribution in [1.29, 1.82) is 0 Å². The van der Waals surface area contributed by atoms with Crippen LogP contribution in [0.2, 0.25) is 0 Å². The van der Waals surface area contributed by atoms with Crippen molar-refractivity contribution in [3.63, 3.8) is 0 Å². The standard InChI is InChI=1S/C17H23N3O/c1-12(2)18-11-5-8-16-19-17(20-21-16)15-10-9-13-6-3-4-7-14(13)15/h3-4,6-7,12,15,18H,5,8-11H2,1-2H3. The van der Waals surface area contributed by atoms with Gasteiger partial charge in [-0.3, -0.25) is 0 Å². The highest BCUT2D eigenvalue weighted by molar-refractivity contribution is 5.38. The first-order valence-corrected chi connectivity index (χ1v) is 7.87. The fourth-order valence-corrected chi connectivity index (χ4v) is 2.97. The first-order valence-electron chi connectivity index (χ1n) is 7.87. The van der Waals surface area contributed by atoms with Crippen molar-refractivity contribution < 1.29 is 4.52 Å². The summed E-state index contributed by atoms with van der Waals surface area (Å²) in [5, 5.41) is 7.61. The van der Waals surface area contributed by atoms with Crippen molar-refractivity contribution in [2.75, 3.05) is 6.54 Å². The van der Waals surface area contributed by atoms with Crippen LogP contribution in [0.4, 0.5) is 0 Å². The van der Waals surface area contributed by atoms with Crippen LogP contribution in [0.15, 0.2) is 28.8 Å². The summed E-state index contributed by atoms with van der Waals surface area (Å²) in [6.45, 7) is 5.30. The van der Waals surface area contributed by atoms with E-state index in [2.05, 4.69) is 53.6 Å². The first kappa shape index (κ1) is 14.3. The summed E-state index contributed by atoms with van der Waals surface area (Å²) in [5.74, 6) is 1.93. The lowest BCUT2D eigenvalue weighted by atomic mass is 10.0. The molecule has 112 valence electrons. The van der Waals surface area contributed by atoms with Crippen LogP contribution in [0, 0.1) is 0 Å². The maximum absolute atomic E-state index is 5.41. The monoisotopic (exact) mass is 285 g/mol. The van der Waals surface area contributed by atoms with Gasteiger partial charge in [0.1, 0.15) is 0 Å². The molecule has 0 saturated carbocycles. The number of hydrogen-bond donors (Lipinski definition) is 1. The Morgan fingerprint density at radius 1 is 1.33 bits per heavy atom. The van der Waals surface area contributed by atoms with Crippen molar-refractivity contribution in [2.45, 2.75) is 51.5 Å². The minimum Gasteiger partial charge on any atom is -0.339 e. The highest BCUT2D eigenvalue weighted by atomic mass is 16.5. The molecule has 1 aliphatic rings. The van der Waals surface area contributed by atoms with Gasteiger partial charge in [-0.25, -0.2) is 0 Å². The molecule has 0 amide bonds. The van der Waals surface area contributed by atoms with Crippen LogP contribution >= 0.6 is 0 Å². The molecular formula is C17H23N3O. The molecule has 1 N–H and O–H groups in total. The van der Waals surface area contributed by atoms with Crippen molar-refractivity contribution in [3.8, 4) is 0 Å². The molecular weight excluding hydrogens is 262 g/mol. The highest BCUT2D eigenvalue weighted by Crippen LogP contribution is 2.36. The normalized spacial score (nSPS) is 17.4. The molecule has 0 bridgehead atoms. The zero-order valence-corrected chi connectivity index (χ0v) is 12.8. The summed E-state index contributed by atoms with van der Waals surface area (Å²) in [5.41, 5.74) is 2.79. The predicted molar refractivity (Wildman–Crippen MR) is 82.4 cm³/mol. The number of fused-ring (bicyclic) bond motifs is 1. The highest BCUT2D eigenvalue weighted by Gasteiger charge is 2.27. The molecule has 21 heavy (non-hydrogen) atoms. The van der Waals surface area contributed by atoms with E-state index in [-0.39, 0.29) is 0 Å². The maximum atomic E-state index is 5.41. The number of rotatable bonds is 6. The lowest BCUT2D eigenvalue weighted by molar-refractivity contribution is 0.367. The largest absolute Gasteiger partial charge is 0.339 e. The first-order chi connectivity index (χ1) is 10.2. The van der Waals surface area contributed by atoms with Crippen LogP contribution in [0.25, 0.3) is 0 Å². The van der Waals surface area contributed by atoms with Crippen molar-refractivity contribution in [2.24, 2.45) is 0 Å². The second kappa shape index (κ2) is 6.39. The Balaban J connectivity index is 1.61. The van der Waals surface area contributed by atoms with Gasteiger partial charge in [0.2, 0.25) is 5.89 Å². The third kappa shape index (κ3) is 3.32. The average molecular weight is 285 g/mol. The predicted octanol–water partition coefficient (Wildman–Crippen LogP) is 3.08. The zero-order chi connectivity index (χ0) is 14.7. The van der Waals surface area contributed by atoms with Gasteiger partial charge in [-0.15, -0.1) is 0 Å². The van der Waals surface area contributed by atoms with Gasteiger partial charge in [0, 0.05) is 18.4 Å². The number of hydrogen-bond acceptors (Lipinski definition) is 4. The molecule has 0 radical (unpaired) electrons. The van der Waals surface area contributed by atoms with Crippen LogP contribution in [0.1, 0.15) is 55.4 Å². The number of benzene rings is 1. The Morgan fingerprint density at radius 3 is 3.05 bits per heavy atom. The van der Waals surface area contributed by atoms with Gasteiger partial charge in [-0.2, -0.15) is 4.98 Å². The number of nitrogens with zero attached hydrogens (tertiary/aromatic N) is 2. The van der Waals surface area contributed by atoms with Gasteiger partial charge in [0.15, 0.2) is 5.82 Å². The van der Waals surface area contributed by atoms with Gasteiger partial charge >= 0.3 is 0 Å². The maximum Gasteiger partial charge on any atom is 0.226 e.